The third kappa shape index (κ3) is 5.00. The van der Waals surface area contributed by atoms with Crippen LogP contribution in [0.15, 0.2) is 47.2 Å². The molecule has 2 aromatic rings. The van der Waals surface area contributed by atoms with E-state index in [1.54, 1.807) is 30.3 Å². The summed E-state index contributed by atoms with van der Waals surface area (Å²) in [5.74, 6) is -1.17. The number of pyridine rings is 1. The number of halogens is 1. The Morgan fingerprint density at radius 3 is 2.43 bits per heavy atom. The second kappa shape index (κ2) is 7.64. The minimum Gasteiger partial charge on any atom is -0.452 e. The summed E-state index contributed by atoms with van der Waals surface area (Å²) in [5, 5.41) is 2.57. The fourth-order valence-corrected chi connectivity index (χ4v) is 2.09. The first-order chi connectivity index (χ1) is 11.0. The topological polar surface area (TPSA) is 85.4 Å². The average Bonchev–Trinajstić information content (AvgIpc) is 2.53. The predicted molar refractivity (Wildman–Crippen MR) is 87.3 cm³/mol. The standard InChI is InChI=1S/C16H13BrN2O4/c1-10(20)11-2-4-14(5-3-11)19-15(21)9-23-16(22)12-6-13(17)8-18-7-12/h2-8H,9H2,1H3,(H,19,21). The molecule has 118 valence electrons. The highest BCUT2D eigenvalue weighted by Gasteiger charge is 2.11. The molecule has 0 bridgehead atoms. The average molecular weight is 377 g/mol. The smallest absolute Gasteiger partial charge is 0.340 e. The van der Waals surface area contributed by atoms with Crippen LogP contribution in [0.1, 0.15) is 27.6 Å². The number of nitrogens with one attached hydrogen (secondary N) is 1. The molecule has 23 heavy (non-hydrogen) atoms. The normalized spacial score (nSPS) is 10.0. The zero-order chi connectivity index (χ0) is 16.8. The molecule has 0 aliphatic carbocycles. The summed E-state index contributed by atoms with van der Waals surface area (Å²) < 4.78 is 5.55. The largest absolute Gasteiger partial charge is 0.452 e. The second-order valence-electron chi connectivity index (χ2n) is 4.65. The van der Waals surface area contributed by atoms with Crippen molar-refractivity contribution in [2.24, 2.45) is 0 Å². The lowest BCUT2D eigenvalue weighted by Crippen LogP contribution is -2.21. The van der Waals surface area contributed by atoms with Gasteiger partial charge < -0.3 is 10.1 Å². The van der Waals surface area contributed by atoms with Crippen molar-refractivity contribution in [2.75, 3.05) is 11.9 Å². The Kier molecular flexibility index (Phi) is 5.59. The molecule has 0 radical (unpaired) electrons. The van der Waals surface area contributed by atoms with Crippen LogP contribution in [0, 0.1) is 0 Å². The van der Waals surface area contributed by atoms with Gasteiger partial charge in [-0.2, -0.15) is 0 Å². The molecule has 0 saturated carbocycles. The Balaban J connectivity index is 1.87. The highest BCUT2D eigenvalue weighted by Crippen LogP contribution is 2.11. The van der Waals surface area contributed by atoms with Gasteiger partial charge in [0.1, 0.15) is 0 Å². The third-order valence-electron chi connectivity index (χ3n) is 2.85. The van der Waals surface area contributed by atoms with Crippen molar-refractivity contribution in [3.8, 4) is 0 Å². The molecule has 6 nitrogen and oxygen atoms in total. The summed E-state index contributed by atoms with van der Waals surface area (Å²) in [7, 11) is 0. The summed E-state index contributed by atoms with van der Waals surface area (Å²) in [4.78, 5) is 38.5. The van der Waals surface area contributed by atoms with Gasteiger partial charge in [-0.15, -0.1) is 0 Å². The van der Waals surface area contributed by atoms with Crippen molar-refractivity contribution in [2.45, 2.75) is 6.92 Å². The number of hydrogen-bond acceptors (Lipinski definition) is 5. The van der Waals surface area contributed by atoms with Crippen molar-refractivity contribution in [1.29, 1.82) is 0 Å². The zero-order valence-corrected chi connectivity index (χ0v) is 13.8. The molecule has 0 atom stereocenters. The Bertz CT molecular complexity index is 744. The van der Waals surface area contributed by atoms with Gasteiger partial charge in [0, 0.05) is 28.1 Å². The monoisotopic (exact) mass is 376 g/mol. The molecule has 0 aliphatic heterocycles. The van der Waals surface area contributed by atoms with E-state index in [1.165, 1.54) is 19.3 Å². The van der Waals surface area contributed by atoms with E-state index < -0.39 is 18.5 Å². The van der Waals surface area contributed by atoms with Crippen LogP contribution in [0.4, 0.5) is 5.69 Å². The van der Waals surface area contributed by atoms with Crippen LogP contribution in [0.3, 0.4) is 0 Å². The number of hydrogen-bond donors (Lipinski definition) is 1. The van der Waals surface area contributed by atoms with Gasteiger partial charge in [-0.3, -0.25) is 14.6 Å². The fraction of sp³-hybridized carbons (Fsp3) is 0.125. The third-order valence-corrected chi connectivity index (χ3v) is 3.28. The first-order valence-electron chi connectivity index (χ1n) is 6.64. The number of benzene rings is 1. The second-order valence-corrected chi connectivity index (χ2v) is 5.57. The molecule has 1 heterocycles. The summed E-state index contributed by atoms with van der Waals surface area (Å²) in [6.45, 7) is 1.05. The number of esters is 1. The van der Waals surface area contributed by atoms with E-state index >= 15 is 0 Å². The molecule has 0 spiro atoms. The van der Waals surface area contributed by atoms with Crippen molar-refractivity contribution >= 4 is 39.3 Å². The van der Waals surface area contributed by atoms with Gasteiger partial charge in [-0.05, 0) is 53.2 Å². The number of amides is 1. The molecule has 1 N–H and O–H groups in total. The highest BCUT2D eigenvalue weighted by atomic mass is 79.9. The number of anilines is 1. The summed E-state index contributed by atoms with van der Waals surface area (Å²) >= 11 is 3.20. The first-order valence-corrected chi connectivity index (χ1v) is 7.43. The molecule has 1 amide bonds. The molecule has 1 aromatic carbocycles. The first kappa shape index (κ1) is 16.8. The molecule has 7 heteroatoms. The molecule has 0 aliphatic rings. The van der Waals surface area contributed by atoms with Crippen LogP contribution >= 0.6 is 15.9 Å². The summed E-state index contributed by atoms with van der Waals surface area (Å²) in [6.07, 6.45) is 2.89. The van der Waals surface area contributed by atoms with Crippen LogP contribution in [0.2, 0.25) is 0 Å². The molecule has 2 rings (SSSR count). The fourth-order valence-electron chi connectivity index (χ4n) is 1.72. The van der Waals surface area contributed by atoms with Gasteiger partial charge in [0.05, 0.1) is 5.56 Å². The number of Topliss-reactive ketones (excluding diaryl/α,β-unsaturated/α-hetero) is 1. The Hall–Kier alpha value is -2.54. The highest BCUT2D eigenvalue weighted by molar-refractivity contribution is 9.10. The van der Waals surface area contributed by atoms with Crippen molar-refractivity contribution in [1.82, 2.24) is 4.98 Å². The van der Waals surface area contributed by atoms with Gasteiger partial charge in [0.2, 0.25) is 0 Å². The van der Waals surface area contributed by atoms with E-state index in [9.17, 15) is 14.4 Å². The van der Waals surface area contributed by atoms with Crippen LogP contribution in [0.5, 0.6) is 0 Å². The molecular formula is C16H13BrN2O4. The number of carbonyl (C=O) groups is 3. The van der Waals surface area contributed by atoms with Crippen LogP contribution in [-0.2, 0) is 9.53 Å². The van der Waals surface area contributed by atoms with E-state index in [4.69, 9.17) is 4.74 Å². The predicted octanol–water partition coefficient (Wildman–Crippen LogP) is 2.84. The molecule has 0 fully saturated rings. The van der Waals surface area contributed by atoms with E-state index in [1.807, 2.05) is 0 Å². The van der Waals surface area contributed by atoms with Crippen molar-refractivity contribution in [3.05, 3.63) is 58.3 Å². The van der Waals surface area contributed by atoms with Gasteiger partial charge in [0.15, 0.2) is 12.4 Å². The molecule has 0 saturated heterocycles. The lowest BCUT2D eigenvalue weighted by molar-refractivity contribution is -0.119. The van der Waals surface area contributed by atoms with Gasteiger partial charge in [-0.1, -0.05) is 0 Å². The van der Waals surface area contributed by atoms with E-state index in [2.05, 4.69) is 26.2 Å². The molecular weight excluding hydrogens is 364 g/mol. The van der Waals surface area contributed by atoms with E-state index in [0.29, 0.717) is 15.7 Å². The van der Waals surface area contributed by atoms with Crippen molar-refractivity contribution in [3.63, 3.8) is 0 Å². The maximum atomic E-state index is 11.8. The minimum atomic E-state index is -0.638. The molecule has 1 aromatic heterocycles. The SMILES string of the molecule is CC(=O)c1ccc(NC(=O)COC(=O)c2cncc(Br)c2)cc1. The minimum absolute atomic E-state index is 0.0561. The Morgan fingerprint density at radius 2 is 1.83 bits per heavy atom. The maximum Gasteiger partial charge on any atom is 0.340 e. The Morgan fingerprint density at radius 1 is 1.13 bits per heavy atom. The number of nitrogens with zero attached hydrogens (tertiary/aromatic N) is 1. The lowest BCUT2D eigenvalue weighted by atomic mass is 10.1. The summed E-state index contributed by atoms with van der Waals surface area (Å²) in [5.41, 5.74) is 1.31. The maximum absolute atomic E-state index is 11.8. The number of rotatable bonds is 5. The number of aromatic nitrogens is 1. The van der Waals surface area contributed by atoms with Crippen LogP contribution in [-0.4, -0.2) is 29.3 Å². The van der Waals surface area contributed by atoms with E-state index in [-0.39, 0.29) is 11.3 Å². The van der Waals surface area contributed by atoms with Gasteiger partial charge in [-0.25, -0.2) is 4.79 Å². The number of ketones is 1. The lowest BCUT2D eigenvalue weighted by Gasteiger charge is -2.07. The quantitative estimate of drug-likeness (QED) is 0.640. The van der Waals surface area contributed by atoms with Crippen molar-refractivity contribution < 1.29 is 19.1 Å². The number of ether oxygens (including phenoxy) is 1. The van der Waals surface area contributed by atoms with Crippen LogP contribution in [0.25, 0.3) is 0 Å². The number of carbonyl (C=O) groups excluding carboxylic acids is 3. The summed E-state index contributed by atoms with van der Waals surface area (Å²) in [6, 6.07) is 7.98. The van der Waals surface area contributed by atoms with Gasteiger partial charge in [0.25, 0.3) is 5.91 Å². The van der Waals surface area contributed by atoms with Gasteiger partial charge >= 0.3 is 5.97 Å². The zero-order valence-electron chi connectivity index (χ0n) is 12.2. The van der Waals surface area contributed by atoms with Crippen LogP contribution < -0.4 is 5.32 Å². The molecule has 0 unspecified atom stereocenters. The Labute approximate surface area is 141 Å². The van der Waals surface area contributed by atoms with E-state index in [0.717, 1.165) is 0 Å².